The van der Waals surface area contributed by atoms with Gasteiger partial charge in [0.05, 0.1) is 10.5 Å². The molecule has 0 fully saturated rings. The number of hydrogen-bond acceptors (Lipinski definition) is 5. The van der Waals surface area contributed by atoms with Crippen LogP contribution in [0.3, 0.4) is 0 Å². The number of ketones is 1. The summed E-state index contributed by atoms with van der Waals surface area (Å²) in [7, 11) is -3.97. The number of hydrogen-bond donors (Lipinski definition) is 1. The molecule has 0 aromatic heterocycles. The summed E-state index contributed by atoms with van der Waals surface area (Å²) >= 11 is 3.16. The van der Waals surface area contributed by atoms with Crippen LogP contribution in [0.5, 0.6) is 0 Å². The third-order valence-electron chi connectivity index (χ3n) is 3.79. The quantitative estimate of drug-likeness (QED) is 0.549. The second-order valence-electron chi connectivity index (χ2n) is 5.65. The summed E-state index contributed by atoms with van der Waals surface area (Å²) in [6.45, 7) is 3.47. The molecule has 0 saturated heterocycles. The van der Waals surface area contributed by atoms with Crippen molar-refractivity contribution in [2.45, 2.75) is 31.3 Å². The first kappa shape index (κ1) is 20.3. The largest absolute Gasteiger partial charge is 0.451 e. The number of carbonyl (C=O) groups excluding carboxylic acids is 2. The maximum absolute atomic E-state index is 12.4. The molecule has 138 valence electrons. The Morgan fingerprint density at radius 1 is 1.15 bits per heavy atom. The highest BCUT2D eigenvalue weighted by Gasteiger charge is 2.23. The van der Waals surface area contributed by atoms with Gasteiger partial charge in [-0.25, -0.2) is 18.4 Å². The van der Waals surface area contributed by atoms with E-state index in [0.29, 0.717) is 10.0 Å². The Balaban J connectivity index is 2.19. The van der Waals surface area contributed by atoms with Gasteiger partial charge in [0.15, 0.2) is 6.10 Å². The van der Waals surface area contributed by atoms with Gasteiger partial charge in [0.2, 0.25) is 15.8 Å². The van der Waals surface area contributed by atoms with Gasteiger partial charge in [-0.05, 0) is 53.0 Å². The van der Waals surface area contributed by atoms with Crippen LogP contribution in [-0.4, -0.2) is 26.3 Å². The van der Waals surface area contributed by atoms with Gasteiger partial charge in [-0.3, -0.25) is 4.79 Å². The fraction of sp³-hybridized carbons (Fsp3) is 0.222. The number of carbonyl (C=O) groups is 2. The predicted molar refractivity (Wildman–Crippen MR) is 101 cm³/mol. The zero-order valence-corrected chi connectivity index (χ0v) is 16.6. The first-order chi connectivity index (χ1) is 12.1. The Kier molecular flexibility index (Phi) is 6.33. The SMILES string of the molecule is CCc1ccc(C(=O)C(C)OC(=O)c2cc(S(N)(=O)=O)ccc2Br)cc1. The second-order valence-corrected chi connectivity index (χ2v) is 8.06. The van der Waals surface area contributed by atoms with Crippen LogP contribution < -0.4 is 5.14 Å². The molecule has 0 amide bonds. The van der Waals surface area contributed by atoms with Gasteiger partial charge in [0.25, 0.3) is 0 Å². The molecule has 0 heterocycles. The molecule has 2 N–H and O–H groups in total. The number of sulfonamides is 1. The van der Waals surface area contributed by atoms with Crippen LogP contribution in [0.25, 0.3) is 0 Å². The minimum absolute atomic E-state index is 0.0301. The Labute approximate surface area is 160 Å². The number of halogens is 1. The Bertz CT molecular complexity index is 939. The van der Waals surface area contributed by atoms with Crippen molar-refractivity contribution in [1.29, 1.82) is 0 Å². The zero-order valence-electron chi connectivity index (χ0n) is 14.2. The zero-order chi connectivity index (χ0) is 19.5. The molecule has 1 unspecified atom stereocenters. The number of esters is 1. The highest BCUT2D eigenvalue weighted by Crippen LogP contribution is 2.22. The van der Waals surface area contributed by atoms with Gasteiger partial charge in [0, 0.05) is 10.0 Å². The number of aryl methyl sites for hydroxylation is 1. The van der Waals surface area contributed by atoms with E-state index >= 15 is 0 Å². The van der Waals surface area contributed by atoms with Gasteiger partial charge in [-0.2, -0.15) is 0 Å². The van der Waals surface area contributed by atoms with Crippen LogP contribution in [0.4, 0.5) is 0 Å². The summed E-state index contributed by atoms with van der Waals surface area (Å²) < 4.78 is 28.4. The third-order valence-corrected chi connectivity index (χ3v) is 5.39. The van der Waals surface area contributed by atoms with E-state index in [1.54, 1.807) is 12.1 Å². The van der Waals surface area contributed by atoms with Crippen molar-refractivity contribution in [3.8, 4) is 0 Å². The van der Waals surface area contributed by atoms with E-state index in [0.717, 1.165) is 18.1 Å². The van der Waals surface area contributed by atoms with E-state index in [4.69, 9.17) is 9.88 Å². The Hall–Kier alpha value is -2.03. The van der Waals surface area contributed by atoms with E-state index in [1.165, 1.54) is 19.1 Å². The Morgan fingerprint density at radius 3 is 2.31 bits per heavy atom. The lowest BCUT2D eigenvalue weighted by molar-refractivity contribution is 0.0317. The van der Waals surface area contributed by atoms with Gasteiger partial charge >= 0.3 is 5.97 Å². The van der Waals surface area contributed by atoms with Crippen molar-refractivity contribution in [1.82, 2.24) is 0 Å². The summed E-state index contributed by atoms with van der Waals surface area (Å²) in [6.07, 6.45) is -0.173. The van der Waals surface area contributed by atoms with E-state index < -0.39 is 22.1 Å². The van der Waals surface area contributed by atoms with Crippen molar-refractivity contribution < 1.29 is 22.7 Å². The van der Waals surface area contributed by atoms with E-state index in [9.17, 15) is 18.0 Å². The summed E-state index contributed by atoms with van der Waals surface area (Å²) in [5.41, 5.74) is 1.49. The normalized spacial score (nSPS) is 12.5. The molecular weight excluding hydrogens is 422 g/mol. The van der Waals surface area contributed by atoms with Crippen LogP contribution in [0, 0.1) is 0 Å². The molecular formula is C18H18BrNO5S. The lowest BCUT2D eigenvalue weighted by atomic mass is 10.0. The number of rotatable bonds is 6. The van der Waals surface area contributed by atoms with E-state index in [2.05, 4.69) is 15.9 Å². The van der Waals surface area contributed by atoms with Gasteiger partial charge in [-0.1, -0.05) is 31.2 Å². The highest BCUT2D eigenvalue weighted by molar-refractivity contribution is 9.10. The highest BCUT2D eigenvalue weighted by atomic mass is 79.9. The number of benzene rings is 2. The standard InChI is InChI=1S/C18H18BrNO5S/c1-3-12-4-6-13(7-5-12)17(21)11(2)25-18(22)15-10-14(26(20,23)24)8-9-16(15)19/h4-11H,3H2,1-2H3,(H2,20,23,24). The molecule has 0 aliphatic carbocycles. The van der Waals surface area contributed by atoms with Crippen molar-refractivity contribution >= 4 is 37.7 Å². The van der Waals surface area contributed by atoms with Crippen molar-refractivity contribution in [2.75, 3.05) is 0 Å². The molecule has 0 radical (unpaired) electrons. The monoisotopic (exact) mass is 439 g/mol. The maximum atomic E-state index is 12.4. The smallest absolute Gasteiger partial charge is 0.340 e. The van der Waals surface area contributed by atoms with E-state index in [-0.39, 0.29) is 16.2 Å². The molecule has 0 saturated carbocycles. The van der Waals surface area contributed by atoms with Gasteiger partial charge < -0.3 is 4.74 Å². The van der Waals surface area contributed by atoms with Crippen molar-refractivity contribution in [3.05, 3.63) is 63.6 Å². The van der Waals surface area contributed by atoms with Crippen molar-refractivity contribution in [3.63, 3.8) is 0 Å². The molecule has 0 aliphatic heterocycles. The third kappa shape index (κ3) is 4.78. The minimum atomic E-state index is -3.97. The summed E-state index contributed by atoms with van der Waals surface area (Å²) in [5, 5.41) is 5.08. The summed E-state index contributed by atoms with van der Waals surface area (Å²) in [6, 6.07) is 10.8. The number of Topliss-reactive ketones (excluding diaryl/α,β-unsaturated/α-hetero) is 1. The molecule has 2 aromatic rings. The molecule has 1 atom stereocenters. The molecule has 26 heavy (non-hydrogen) atoms. The fourth-order valence-corrected chi connectivity index (χ4v) is 3.20. The van der Waals surface area contributed by atoms with Crippen LogP contribution in [-0.2, 0) is 21.2 Å². The molecule has 2 aromatic carbocycles. The van der Waals surface area contributed by atoms with Crippen LogP contribution in [0.2, 0.25) is 0 Å². The lowest BCUT2D eigenvalue weighted by Crippen LogP contribution is -2.25. The van der Waals surface area contributed by atoms with E-state index in [1.807, 2.05) is 19.1 Å². The van der Waals surface area contributed by atoms with Gasteiger partial charge in [0.1, 0.15) is 0 Å². The topological polar surface area (TPSA) is 104 Å². The number of nitrogens with two attached hydrogens (primary N) is 1. The second kappa shape index (κ2) is 8.11. The number of ether oxygens (including phenoxy) is 1. The van der Waals surface area contributed by atoms with Crippen LogP contribution in [0.1, 0.15) is 40.1 Å². The fourth-order valence-electron chi connectivity index (χ4n) is 2.25. The molecule has 0 aliphatic rings. The molecule has 0 bridgehead atoms. The first-order valence-electron chi connectivity index (χ1n) is 7.80. The summed E-state index contributed by atoms with van der Waals surface area (Å²) in [5.74, 6) is -1.17. The first-order valence-corrected chi connectivity index (χ1v) is 10.1. The maximum Gasteiger partial charge on any atom is 0.340 e. The van der Waals surface area contributed by atoms with Crippen LogP contribution >= 0.6 is 15.9 Å². The molecule has 0 spiro atoms. The average molecular weight is 440 g/mol. The van der Waals surface area contributed by atoms with Crippen molar-refractivity contribution in [2.24, 2.45) is 5.14 Å². The molecule has 2 rings (SSSR count). The van der Waals surface area contributed by atoms with Gasteiger partial charge in [-0.15, -0.1) is 0 Å². The molecule has 6 nitrogen and oxygen atoms in total. The average Bonchev–Trinajstić information content (AvgIpc) is 2.60. The molecule has 8 heteroatoms. The summed E-state index contributed by atoms with van der Waals surface area (Å²) in [4.78, 5) is 24.5. The minimum Gasteiger partial charge on any atom is -0.451 e. The lowest BCUT2D eigenvalue weighted by Gasteiger charge is -2.14. The Morgan fingerprint density at radius 2 is 1.77 bits per heavy atom. The number of primary sulfonamides is 1. The predicted octanol–water partition coefficient (Wildman–Crippen LogP) is 3.09. The van der Waals surface area contributed by atoms with Crippen LogP contribution in [0.15, 0.2) is 51.8 Å².